The Bertz CT molecular complexity index is 878. The number of aromatic nitrogens is 3. The van der Waals surface area contributed by atoms with Crippen LogP contribution in [-0.4, -0.2) is 53.2 Å². The van der Waals surface area contributed by atoms with Crippen LogP contribution >= 0.6 is 0 Å². The van der Waals surface area contributed by atoms with E-state index in [2.05, 4.69) is 5.10 Å². The highest BCUT2D eigenvalue weighted by atomic mass is 32.2. The van der Waals surface area contributed by atoms with Crippen LogP contribution in [0.25, 0.3) is 5.52 Å². The number of aryl methyl sites for hydroxylation is 2. The molecule has 9 heteroatoms. The van der Waals surface area contributed by atoms with Gasteiger partial charge in [0.05, 0.1) is 13.2 Å². The van der Waals surface area contributed by atoms with Crippen LogP contribution in [-0.2, 0) is 27.7 Å². The summed E-state index contributed by atoms with van der Waals surface area (Å²) < 4.78 is 35.0. The van der Waals surface area contributed by atoms with Gasteiger partial charge in [-0.2, -0.15) is 9.40 Å². The summed E-state index contributed by atoms with van der Waals surface area (Å²) in [5.74, 6) is 0.657. The lowest BCUT2D eigenvalue weighted by Crippen LogP contribution is -2.40. The Balaban J connectivity index is 2.16. The van der Waals surface area contributed by atoms with Crippen molar-refractivity contribution < 1.29 is 13.2 Å². The molecule has 0 amide bonds. The van der Waals surface area contributed by atoms with E-state index < -0.39 is 10.0 Å². The molecule has 0 radical (unpaired) electrons. The standard InChI is InChI=1S/C14H20N4O4S/c1-3-13-15-18(4-2)14(19)12-9-11(10-17(12)13)23(20,21)16-5-7-22-8-6-16/h9-10H,3-8H2,1-2H3. The van der Waals surface area contributed by atoms with Crippen LogP contribution in [0.4, 0.5) is 0 Å². The third kappa shape index (κ3) is 2.68. The lowest BCUT2D eigenvalue weighted by Gasteiger charge is -2.25. The fourth-order valence-corrected chi connectivity index (χ4v) is 4.14. The molecule has 3 heterocycles. The van der Waals surface area contributed by atoms with Crippen molar-refractivity contribution in [3.8, 4) is 0 Å². The SMILES string of the molecule is CCc1nn(CC)c(=O)c2cc(S(=O)(=O)N3CCOCC3)cn12. The minimum atomic E-state index is -3.63. The fourth-order valence-electron chi connectivity index (χ4n) is 2.71. The first kappa shape index (κ1) is 16.2. The largest absolute Gasteiger partial charge is 0.379 e. The van der Waals surface area contributed by atoms with Crippen LogP contribution in [0.2, 0.25) is 0 Å². The second kappa shape index (κ2) is 6.06. The number of rotatable bonds is 4. The van der Waals surface area contributed by atoms with Crippen LogP contribution in [0.1, 0.15) is 19.7 Å². The average molecular weight is 340 g/mol. The molecule has 0 N–H and O–H groups in total. The first-order valence-corrected chi connectivity index (χ1v) is 9.13. The molecule has 126 valence electrons. The van der Waals surface area contributed by atoms with Crippen LogP contribution < -0.4 is 5.56 Å². The number of morpholine rings is 1. The van der Waals surface area contributed by atoms with Gasteiger partial charge in [-0.25, -0.2) is 13.1 Å². The zero-order valence-corrected chi connectivity index (χ0v) is 14.0. The molecule has 0 atom stereocenters. The van der Waals surface area contributed by atoms with E-state index in [1.807, 2.05) is 13.8 Å². The van der Waals surface area contributed by atoms with Crippen LogP contribution in [0, 0.1) is 0 Å². The third-order valence-corrected chi connectivity index (χ3v) is 5.85. The molecular weight excluding hydrogens is 320 g/mol. The molecule has 1 saturated heterocycles. The highest BCUT2D eigenvalue weighted by Crippen LogP contribution is 2.20. The molecule has 0 aromatic carbocycles. The lowest BCUT2D eigenvalue weighted by atomic mass is 10.4. The van der Waals surface area contributed by atoms with Gasteiger partial charge in [0.15, 0.2) is 0 Å². The van der Waals surface area contributed by atoms with Crippen LogP contribution in [0.3, 0.4) is 0 Å². The van der Waals surface area contributed by atoms with Gasteiger partial charge in [0, 0.05) is 32.3 Å². The van der Waals surface area contributed by atoms with Crippen LogP contribution in [0.5, 0.6) is 0 Å². The Morgan fingerprint density at radius 1 is 1.26 bits per heavy atom. The van der Waals surface area contributed by atoms with Crippen molar-refractivity contribution in [2.75, 3.05) is 26.3 Å². The van der Waals surface area contributed by atoms with Gasteiger partial charge >= 0.3 is 0 Å². The first-order chi connectivity index (χ1) is 11.0. The van der Waals surface area contributed by atoms with Gasteiger partial charge in [0.1, 0.15) is 16.2 Å². The van der Waals surface area contributed by atoms with Crippen molar-refractivity contribution in [1.29, 1.82) is 0 Å². The topological polar surface area (TPSA) is 85.9 Å². The summed E-state index contributed by atoms with van der Waals surface area (Å²) in [6, 6.07) is 1.44. The zero-order valence-electron chi connectivity index (χ0n) is 13.2. The monoisotopic (exact) mass is 340 g/mol. The molecular formula is C14H20N4O4S. The normalized spacial score (nSPS) is 17.0. The molecule has 0 aliphatic carbocycles. The number of hydrogen-bond donors (Lipinski definition) is 0. The summed E-state index contributed by atoms with van der Waals surface area (Å²) in [5, 5.41) is 4.28. The van der Waals surface area contributed by atoms with Gasteiger partial charge in [0.25, 0.3) is 5.56 Å². The summed E-state index contributed by atoms with van der Waals surface area (Å²) >= 11 is 0. The maximum atomic E-state index is 12.8. The molecule has 1 fully saturated rings. The second-order valence-corrected chi connectivity index (χ2v) is 7.28. The lowest BCUT2D eigenvalue weighted by molar-refractivity contribution is 0.0730. The van der Waals surface area contributed by atoms with Crippen molar-refractivity contribution in [2.45, 2.75) is 31.7 Å². The molecule has 0 spiro atoms. The highest BCUT2D eigenvalue weighted by Gasteiger charge is 2.28. The highest BCUT2D eigenvalue weighted by molar-refractivity contribution is 7.89. The Labute approximate surface area is 134 Å². The minimum absolute atomic E-state index is 0.127. The molecule has 0 unspecified atom stereocenters. The molecule has 2 aromatic heterocycles. The smallest absolute Gasteiger partial charge is 0.291 e. The summed E-state index contributed by atoms with van der Waals surface area (Å²) in [4.78, 5) is 12.5. The van der Waals surface area contributed by atoms with Crippen LogP contribution in [0.15, 0.2) is 22.0 Å². The van der Waals surface area contributed by atoms with Gasteiger partial charge in [-0.1, -0.05) is 6.92 Å². The quantitative estimate of drug-likeness (QED) is 0.788. The molecule has 2 aromatic rings. The third-order valence-electron chi connectivity index (χ3n) is 3.99. The predicted octanol–water partition coefficient (Wildman–Crippen LogP) is 0.0992. The maximum Gasteiger partial charge on any atom is 0.291 e. The van der Waals surface area contributed by atoms with Crippen molar-refractivity contribution in [1.82, 2.24) is 18.5 Å². The van der Waals surface area contributed by atoms with Crippen molar-refractivity contribution in [2.24, 2.45) is 0 Å². The van der Waals surface area contributed by atoms with E-state index in [1.54, 1.807) is 4.40 Å². The Morgan fingerprint density at radius 2 is 1.96 bits per heavy atom. The molecule has 1 aliphatic rings. The second-order valence-electron chi connectivity index (χ2n) is 5.34. The van der Waals surface area contributed by atoms with Crippen molar-refractivity contribution >= 4 is 15.5 Å². The summed E-state index contributed by atoms with van der Waals surface area (Å²) in [7, 11) is -3.63. The van der Waals surface area contributed by atoms with Gasteiger partial charge < -0.3 is 4.74 Å². The fraction of sp³-hybridized carbons (Fsp3) is 0.571. The summed E-state index contributed by atoms with van der Waals surface area (Å²) in [6.07, 6.45) is 2.09. The zero-order chi connectivity index (χ0) is 16.6. The number of hydrogen-bond acceptors (Lipinski definition) is 5. The van der Waals surface area contributed by atoms with E-state index in [0.717, 1.165) is 0 Å². The van der Waals surface area contributed by atoms with Crippen molar-refractivity contribution in [3.63, 3.8) is 0 Å². The van der Waals surface area contributed by atoms with E-state index >= 15 is 0 Å². The van der Waals surface area contributed by atoms with Crippen molar-refractivity contribution in [3.05, 3.63) is 28.4 Å². The number of sulfonamides is 1. The van der Waals surface area contributed by atoms with Gasteiger partial charge in [0.2, 0.25) is 10.0 Å². The first-order valence-electron chi connectivity index (χ1n) is 7.69. The minimum Gasteiger partial charge on any atom is -0.379 e. The number of ether oxygens (including phenoxy) is 1. The molecule has 8 nitrogen and oxygen atoms in total. The Morgan fingerprint density at radius 3 is 2.57 bits per heavy atom. The predicted molar refractivity (Wildman–Crippen MR) is 84.1 cm³/mol. The summed E-state index contributed by atoms with van der Waals surface area (Å²) in [5.41, 5.74) is 0.0543. The molecule has 0 bridgehead atoms. The van der Waals surface area contributed by atoms with E-state index in [4.69, 9.17) is 4.74 Å². The maximum absolute atomic E-state index is 12.8. The number of fused-ring (bicyclic) bond motifs is 1. The molecule has 23 heavy (non-hydrogen) atoms. The number of nitrogens with zero attached hydrogens (tertiary/aromatic N) is 4. The molecule has 1 aliphatic heterocycles. The van der Waals surface area contributed by atoms with E-state index in [0.29, 0.717) is 50.6 Å². The van der Waals surface area contributed by atoms with E-state index in [1.165, 1.54) is 21.3 Å². The summed E-state index contributed by atoms with van der Waals surface area (Å²) in [6.45, 7) is 5.62. The molecule has 3 rings (SSSR count). The Hall–Kier alpha value is -1.71. The Kier molecular flexibility index (Phi) is 4.26. The van der Waals surface area contributed by atoms with E-state index in [9.17, 15) is 13.2 Å². The average Bonchev–Trinajstić information content (AvgIpc) is 3.03. The van der Waals surface area contributed by atoms with Gasteiger partial charge in [-0.3, -0.25) is 9.20 Å². The van der Waals surface area contributed by atoms with Gasteiger partial charge in [-0.15, -0.1) is 0 Å². The molecule has 0 saturated carbocycles. The van der Waals surface area contributed by atoms with E-state index in [-0.39, 0.29) is 10.5 Å². The van der Waals surface area contributed by atoms with Gasteiger partial charge in [-0.05, 0) is 13.0 Å².